The molecule has 1 atom stereocenters. The molecule has 2 aromatic heterocycles. The van der Waals surface area contributed by atoms with Crippen molar-refractivity contribution in [3.63, 3.8) is 0 Å². The monoisotopic (exact) mass is 487 g/mol. The summed E-state index contributed by atoms with van der Waals surface area (Å²) in [5.41, 5.74) is 3.99. The first kappa shape index (κ1) is 24.3. The quantitative estimate of drug-likeness (QED) is 0.297. The molecule has 0 saturated carbocycles. The maximum atomic E-state index is 10.9. The molecule has 1 fully saturated rings. The van der Waals surface area contributed by atoms with E-state index in [9.17, 15) is 5.11 Å². The Morgan fingerprint density at radius 2 is 1.69 bits per heavy atom. The average Bonchev–Trinajstić information content (AvgIpc) is 3.68. The maximum Gasteiger partial charge on any atom is 0.232 e. The molecule has 0 amide bonds. The molecule has 3 heterocycles. The Labute approximate surface area is 211 Å². The van der Waals surface area contributed by atoms with Gasteiger partial charge in [-0.2, -0.15) is 0 Å². The first-order valence-corrected chi connectivity index (χ1v) is 12.6. The third-order valence-corrected chi connectivity index (χ3v) is 6.44. The molecule has 5 rings (SSSR count). The van der Waals surface area contributed by atoms with Crippen LogP contribution >= 0.6 is 0 Å². The predicted octanol–water partition coefficient (Wildman–Crippen LogP) is 5.11. The highest BCUT2D eigenvalue weighted by Crippen LogP contribution is 2.34. The van der Waals surface area contributed by atoms with Crippen molar-refractivity contribution < 1.29 is 18.8 Å². The van der Waals surface area contributed by atoms with E-state index in [4.69, 9.17) is 13.7 Å². The van der Waals surface area contributed by atoms with Crippen molar-refractivity contribution in [2.75, 3.05) is 31.1 Å². The van der Waals surface area contributed by atoms with Crippen LogP contribution in [0.4, 0.5) is 5.88 Å². The zero-order chi connectivity index (χ0) is 24.6. The summed E-state index contributed by atoms with van der Waals surface area (Å²) in [6.45, 7) is 4.19. The third-order valence-electron chi connectivity index (χ3n) is 6.44. The van der Waals surface area contributed by atoms with E-state index in [1.54, 1.807) is 6.26 Å². The van der Waals surface area contributed by atoms with E-state index in [0.717, 1.165) is 60.0 Å². The number of ether oxygens (including phenoxy) is 1. The maximum absolute atomic E-state index is 10.9. The fraction of sp³-hybridized carbons (Fsp3) is 0.345. The first-order valence-electron chi connectivity index (χ1n) is 12.6. The second-order valence-corrected chi connectivity index (χ2v) is 9.28. The van der Waals surface area contributed by atoms with Crippen molar-refractivity contribution in [2.45, 2.75) is 38.6 Å². The summed E-state index contributed by atoms with van der Waals surface area (Å²) in [6, 6.07) is 24.0. The van der Waals surface area contributed by atoms with Crippen LogP contribution in [0.1, 0.15) is 29.7 Å². The Kier molecular flexibility index (Phi) is 8.13. The summed E-state index contributed by atoms with van der Waals surface area (Å²) in [4.78, 5) is 4.45. The minimum Gasteiger partial charge on any atom is -0.468 e. The van der Waals surface area contributed by atoms with E-state index in [1.807, 2.05) is 60.7 Å². The van der Waals surface area contributed by atoms with Crippen LogP contribution < -0.4 is 4.90 Å². The lowest BCUT2D eigenvalue weighted by Crippen LogP contribution is -2.34. The molecule has 7 nitrogen and oxygen atoms in total. The highest BCUT2D eigenvalue weighted by atomic mass is 16.5. The lowest BCUT2D eigenvalue weighted by Gasteiger charge is -2.25. The van der Waals surface area contributed by atoms with Crippen molar-refractivity contribution in [3.05, 3.63) is 95.9 Å². The number of aromatic nitrogens is 1. The predicted molar refractivity (Wildman–Crippen MR) is 138 cm³/mol. The Hall–Kier alpha value is -3.39. The van der Waals surface area contributed by atoms with Crippen LogP contribution in [0.3, 0.4) is 0 Å². The van der Waals surface area contributed by atoms with Gasteiger partial charge in [-0.25, -0.2) is 0 Å². The molecule has 36 heavy (non-hydrogen) atoms. The number of anilines is 1. The second kappa shape index (κ2) is 12.0. The van der Waals surface area contributed by atoms with Gasteiger partial charge in [0.05, 0.1) is 37.7 Å². The minimum absolute atomic E-state index is 0.248. The molecule has 1 saturated heterocycles. The summed E-state index contributed by atoms with van der Waals surface area (Å²) in [7, 11) is 0. The van der Waals surface area contributed by atoms with Crippen molar-refractivity contribution in [1.82, 2.24) is 10.1 Å². The molecule has 1 N–H and O–H groups in total. The number of aliphatic hydroxyl groups excluding tert-OH is 1. The molecular formula is C29H33N3O4. The number of benzene rings is 2. The van der Waals surface area contributed by atoms with Crippen LogP contribution in [0, 0.1) is 0 Å². The lowest BCUT2D eigenvalue weighted by molar-refractivity contribution is 0.00616. The van der Waals surface area contributed by atoms with Gasteiger partial charge in [-0.05, 0) is 30.5 Å². The van der Waals surface area contributed by atoms with Gasteiger partial charge in [-0.3, -0.25) is 4.90 Å². The fourth-order valence-electron chi connectivity index (χ4n) is 4.70. The molecule has 7 heteroatoms. The highest BCUT2D eigenvalue weighted by Gasteiger charge is 2.27. The molecule has 0 spiro atoms. The fourth-order valence-corrected chi connectivity index (χ4v) is 4.70. The van der Waals surface area contributed by atoms with Gasteiger partial charge in [0, 0.05) is 31.7 Å². The first-order chi connectivity index (χ1) is 17.8. The molecule has 0 bridgehead atoms. The van der Waals surface area contributed by atoms with Crippen molar-refractivity contribution >= 4 is 5.88 Å². The summed E-state index contributed by atoms with van der Waals surface area (Å²) in [5.74, 6) is 1.67. The van der Waals surface area contributed by atoms with Gasteiger partial charge in [0.2, 0.25) is 5.88 Å². The molecule has 1 aliphatic heterocycles. The van der Waals surface area contributed by atoms with Crippen molar-refractivity contribution in [1.29, 1.82) is 0 Å². The van der Waals surface area contributed by atoms with Crippen LogP contribution in [0.5, 0.6) is 0 Å². The van der Waals surface area contributed by atoms with Gasteiger partial charge < -0.3 is 23.7 Å². The summed E-state index contributed by atoms with van der Waals surface area (Å²) in [6.07, 6.45) is 3.32. The Morgan fingerprint density at radius 1 is 0.944 bits per heavy atom. The number of rotatable bonds is 12. The molecule has 188 valence electrons. The van der Waals surface area contributed by atoms with Gasteiger partial charge in [0.25, 0.3) is 0 Å². The number of hydrogen-bond donors (Lipinski definition) is 1. The Balaban J connectivity index is 1.34. The highest BCUT2D eigenvalue weighted by molar-refractivity contribution is 5.68. The van der Waals surface area contributed by atoms with Crippen LogP contribution in [0.15, 0.2) is 88.0 Å². The molecule has 0 radical (unpaired) electrons. The Bertz CT molecular complexity index is 1170. The van der Waals surface area contributed by atoms with E-state index < -0.39 is 6.10 Å². The van der Waals surface area contributed by atoms with E-state index in [-0.39, 0.29) is 6.61 Å². The van der Waals surface area contributed by atoms with E-state index in [1.165, 1.54) is 0 Å². The number of hydrogen-bond acceptors (Lipinski definition) is 7. The molecule has 0 aliphatic carbocycles. The van der Waals surface area contributed by atoms with Gasteiger partial charge in [-0.1, -0.05) is 65.8 Å². The topological polar surface area (TPSA) is 75.1 Å². The lowest BCUT2D eigenvalue weighted by atomic mass is 10.1. The van der Waals surface area contributed by atoms with Crippen LogP contribution in [0.25, 0.3) is 11.3 Å². The van der Waals surface area contributed by atoms with E-state index in [0.29, 0.717) is 26.2 Å². The largest absolute Gasteiger partial charge is 0.468 e. The zero-order valence-corrected chi connectivity index (χ0v) is 20.5. The molecule has 1 aliphatic rings. The summed E-state index contributed by atoms with van der Waals surface area (Å²) >= 11 is 0. The molecule has 2 aromatic carbocycles. The summed E-state index contributed by atoms with van der Waals surface area (Å²) < 4.78 is 17.4. The zero-order valence-electron chi connectivity index (χ0n) is 20.5. The van der Waals surface area contributed by atoms with Crippen LogP contribution in [-0.4, -0.2) is 47.5 Å². The van der Waals surface area contributed by atoms with Crippen LogP contribution in [0.2, 0.25) is 0 Å². The smallest absolute Gasteiger partial charge is 0.232 e. The van der Waals surface area contributed by atoms with Crippen LogP contribution in [-0.2, 0) is 24.4 Å². The second-order valence-electron chi connectivity index (χ2n) is 9.28. The molecular weight excluding hydrogens is 454 g/mol. The number of furan rings is 1. The van der Waals surface area contributed by atoms with Crippen molar-refractivity contribution in [2.24, 2.45) is 0 Å². The van der Waals surface area contributed by atoms with Gasteiger partial charge >= 0.3 is 0 Å². The Morgan fingerprint density at radius 3 is 2.42 bits per heavy atom. The minimum atomic E-state index is -0.654. The van der Waals surface area contributed by atoms with Crippen molar-refractivity contribution in [3.8, 4) is 11.3 Å². The normalized spacial score (nSPS) is 14.6. The standard InChI is InChI=1S/C29H33N3O4/c33-25(22-34-21-23-10-3-1-4-11-23)18-31(19-26-14-9-17-35-26)20-27-28(24-12-5-2-6-13-24)30-36-29(27)32-15-7-8-16-32/h1-6,9-14,17,25,33H,7-8,15-16,18-22H2/t25-/m1/s1. The van der Waals surface area contributed by atoms with E-state index in [2.05, 4.69) is 27.1 Å². The molecule has 0 unspecified atom stereocenters. The number of nitrogens with zero attached hydrogens (tertiary/aromatic N) is 3. The SMILES string of the molecule is O[C@@H](COCc1ccccc1)CN(Cc1ccco1)Cc1c(-c2ccccc2)noc1N1CCCC1. The van der Waals surface area contributed by atoms with Gasteiger partial charge in [-0.15, -0.1) is 0 Å². The van der Waals surface area contributed by atoms with Gasteiger partial charge in [0.15, 0.2) is 0 Å². The van der Waals surface area contributed by atoms with E-state index >= 15 is 0 Å². The third kappa shape index (κ3) is 6.23. The van der Waals surface area contributed by atoms with Gasteiger partial charge in [0.1, 0.15) is 11.5 Å². The summed E-state index contributed by atoms with van der Waals surface area (Å²) in [5, 5.41) is 15.4. The molecule has 4 aromatic rings. The number of aliphatic hydroxyl groups is 1. The average molecular weight is 488 g/mol.